The molecule has 0 amide bonds. The summed E-state index contributed by atoms with van der Waals surface area (Å²) in [6, 6.07) is 12.5. The van der Waals surface area contributed by atoms with E-state index in [1.165, 1.54) is 31.2 Å². The Morgan fingerprint density at radius 3 is 2.76 bits per heavy atom. The first-order valence-corrected chi connectivity index (χ1v) is 11.6. The SMILES string of the molecule is CCCCCCCOc1ccc2c(c1)C1C=CCC1C(c1cccc(Cl)c1Cl)N2. The van der Waals surface area contributed by atoms with Crippen molar-refractivity contribution in [2.75, 3.05) is 11.9 Å². The molecule has 2 aromatic carbocycles. The second-order valence-corrected chi connectivity index (χ2v) is 8.92. The minimum Gasteiger partial charge on any atom is -0.494 e. The molecule has 2 nitrogen and oxygen atoms in total. The van der Waals surface area contributed by atoms with Gasteiger partial charge in [-0.3, -0.25) is 0 Å². The lowest BCUT2D eigenvalue weighted by Gasteiger charge is -2.38. The molecule has 0 radical (unpaired) electrons. The Balaban J connectivity index is 1.50. The van der Waals surface area contributed by atoms with Crippen molar-refractivity contribution in [1.29, 1.82) is 0 Å². The molecule has 0 fully saturated rings. The highest BCUT2D eigenvalue weighted by Gasteiger charge is 2.39. The number of fused-ring (bicyclic) bond motifs is 3. The Labute approximate surface area is 184 Å². The number of allylic oxidation sites excluding steroid dienone is 2. The van der Waals surface area contributed by atoms with Crippen molar-refractivity contribution >= 4 is 28.9 Å². The van der Waals surface area contributed by atoms with Crippen LogP contribution in [0.15, 0.2) is 48.6 Å². The zero-order chi connectivity index (χ0) is 20.2. The molecule has 1 aliphatic carbocycles. The van der Waals surface area contributed by atoms with Gasteiger partial charge in [-0.2, -0.15) is 0 Å². The van der Waals surface area contributed by atoms with Crippen LogP contribution in [0.1, 0.15) is 68.5 Å². The van der Waals surface area contributed by atoms with Crippen LogP contribution in [0.4, 0.5) is 5.69 Å². The van der Waals surface area contributed by atoms with Gasteiger partial charge in [-0.15, -0.1) is 0 Å². The first-order chi connectivity index (χ1) is 14.2. The highest BCUT2D eigenvalue weighted by Crippen LogP contribution is 2.51. The molecule has 0 saturated heterocycles. The second kappa shape index (κ2) is 9.45. The first-order valence-electron chi connectivity index (χ1n) is 10.8. The molecule has 4 heteroatoms. The molecule has 1 aliphatic heterocycles. The molecular weight excluding hydrogens is 401 g/mol. The minimum absolute atomic E-state index is 0.152. The summed E-state index contributed by atoms with van der Waals surface area (Å²) in [5.74, 6) is 1.78. The van der Waals surface area contributed by atoms with E-state index in [0.29, 0.717) is 21.9 Å². The number of halogens is 2. The molecule has 2 aliphatic rings. The molecule has 154 valence electrons. The van der Waals surface area contributed by atoms with Gasteiger partial charge in [0.2, 0.25) is 0 Å². The Morgan fingerprint density at radius 1 is 1.03 bits per heavy atom. The molecule has 4 rings (SSSR count). The van der Waals surface area contributed by atoms with E-state index < -0.39 is 0 Å². The number of benzene rings is 2. The van der Waals surface area contributed by atoms with Gasteiger partial charge in [0.25, 0.3) is 0 Å². The predicted octanol–water partition coefficient (Wildman–Crippen LogP) is 8.17. The lowest BCUT2D eigenvalue weighted by atomic mass is 9.77. The molecule has 1 N–H and O–H groups in total. The normalized spacial score (nSPS) is 22.1. The fourth-order valence-corrected chi connectivity index (χ4v) is 5.05. The smallest absolute Gasteiger partial charge is 0.119 e. The van der Waals surface area contributed by atoms with E-state index in [9.17, 15) is 0 Å². The van der Waals surface area contributed by atoms with Crippen molar-refractivity contribution in [2.24, 2.45) is 5.92 Å². The topological polar surface area (TPSA) is 21.3 Å². The Bertz CT molecular complexity index is 879. The number of ether oxygens (including phenoxy) is 1. The molecule has 0 spiro atoms. The third-order valence-corrected chi connectivity index (χ3v) is 7.00. The van der Waals surface area contributed by atoms with Crippen LogP contribution in [0.5, 0.6) is 5.75 Å². The van der Waals surface area contributed by atoms with E-state index in [4.69, 9.17) is 27.9 Å². The van der Waals surface area contributed by atoms with Gasteiger partial charge < -0.3 is 10.1 Å². The lowest BCUT2D eigenvalue weighted by molar-refractivity contribution is 0.303. The van der Waals surface area contributed by atoms with Gasteiger partial charge in [0.1, 0.15) is 5.75 Å². The summed E-state index contributed by atoms with van der Waals surface area (Å²) in [5.41, 5.74) is 3.56. The van der Waals surface area contributed by atoms with Crippen molar-refractivity contribution in [3.8, 4) is 5.75 Å². The van der Waals surface area contributed by atoms with E-state index in [0.717, 1.165) is 36.4 Å². The number of unbranched alkanes of at least 4 members (excludes halogenated alkanes) is 4. The summed E-state index contributed by atoms with van der Waals surface area (Å²) >= 11 is 12.9. The summed E-state index contributed by atoms with van der Waals surface area (Å²) < 4.78 is 6.06. The van der Waals surface area contributed by atoms with Crippen LogP contribution in [-0.4, -0.2) is 6.61 Å². The van der Waals surface area contributed by atoms with E-state index in [1.54, 1.807) is 0 Å². The van der Waals surface area contributed by atoms with Gasteiger partial charge in [-0.05, 0) is 54.2 Å². The highest BCUT2D eigenvalue weighted by atomic mass is 35.5. The maximum Gasteiger partial charge on any atom is 0.119 e. The second-order valence-electron chi connectivity index (χ2n) is 8.13. The van der Waals surface area contributed by atoms with Crippen molar-refractivity contribution in [3.63, 3.8) is 0 Å². The summed E-state index contributed by atoms with van der Waals surface area (Å²) in [6.07, 6.45) is 11.9. The van der Waals surface area contributed by atoms with Gasteiger partial charge in [-0.1, -0.05) is 80.1 Å². The van der Waals surface area contributed by atoms with E-state index >= 15 is 0 Å². The molecule has 3 unspecified atom stereocenters. The average Bonchev–Trinajstić information content (AvgIpc) is 3.22. The molecule has 0 bridgehead atoms. The highest BCUT2D eigenvalue weighted by molar-refractivity contribution is 6.42. The number of nitrogens with one attached hydrogen (secondary N) is 1. The van der Waals surface area contributed by atoms with Gasteiger partial charge in [0.05, 0.1) is 22.7 Å². The van der Waals surface area contributed by atoms with Crippen LogP contribution >= 0.6 is 23.2 Å². The van der Waals surface area contributed by atoms with Crippen LogP contribution in [0.25, 0.3) is 0 Å². The monoisotopic (exact) mass is 429 g/mol. The zero-order valence-electron chi connectivity index (χ0n) is 17.0. The molecule has 0 saturated carbocycles. The maximum atomic E-state index is 6.56. The quantitative estimate of drug-likeness (QED) is 0.337. The lowest BCUT2D eigenvalue weighted by Crippen LogP contribution is -2.29. The summed E-state index contributed by atoms with van der Waals surface area (Å²) in [7, 11) is 0. The van der Waals surface area contributed by atoms with Crippen molar-refractivity contribution < 1.29 is 4.74 Å². The Kier molecular flexibility index (Phi) is 6.72. The Morgan fingerprint density at radius 2 is 1.90 bits per heavy atom. The van der Waals surface area contributed by atoms with Gasteiger partial charge in [0, 0.05) is 11.6 Å². The van der Waals surface area contributed by atoms with E-state index in [2.05, 4.69) is 48.7 Å². The molecular formula is C25H29Cl2NO. The average molecular weight is 430 g/mol. The molecule has 1 heterocycles. The fourth-order valence-electron chi connectivity index (χ4n) is 4.63. The van der Waals surface area contributed by atoms with Gasteiger partial charge in [0.15, 0.2) is 0 Å². The third kappa shape index (κ3) is 4.44. The van der Waals surface area contributed by atoms with Gasteiger partial charge in [-0.25, -0.2) is 0 Å². The maximum absolute atomic E-state index is 6.56. The van der Waals surface area contributed by atoms with Crippen molar-refractivity contribution in [2.45, 2.75) is 57.4 Å². The Hall–Kier alpha value is -1.64. The van der Waals surface area contributed by atoms with E-state index in [1.807, 2.05) is 12.1 Å². The molecule has 29 heavy (non-hydrogen) atoms. The van der Waals surface area contributed by atoms with Crippen LogP contribution in [0.2, 0.25) is 10.0 Å². The molecule has 3 atom stereocenters. The van der Waals surface area contributed by atoms with Crippen LogP contribution in [-0.2, 0) is 0 Å². The third-order valence-electron chi connectivity index (χ3n) is 6.17. The number of anilines is 1. The number of hydrogen-bond acceptors (Lipinski definition) is 2. The number of rotatable bonds is 8. The number of hydrogen-bond donors (Lipinski definition) is 1. The fraction of sp³-hybridized carbons (Fsp3) is 0.440. The summed E-state index contributed by atoms with van der Waals surface area (Å²) in [5, 5.41) is 5.00. The van der Waals surface area contributed by atoms with Gasteiger partial charge >= 0.3 is 0 Å². The van der Waals surface area contributed by atoms with E-state index in [-0.39, 0.29) is 6.04 Å². The largest absolute Gasteiger partial charge is 0.494 e. The zero-order valence-corrected chi connectivity index (χ0v) is 18.5. The first kappa shape index (κ1) is 20.6. The molecule has 0 aromatic heterocycles. The van der Waals surface area contributed by atoms with Crippen LogP contribution in [0.3, 0.4) is 0 Å². The minimum atomic E-state index is 0.152. The summed E-state index contributed by atoms with van der Waals surface area (Å²) in [4.78, 5) is 0. The molecule has 2 aromatic rings. The van der Waals surface area contributed by atoms with Crippen LogP contribution < -0.4 is 10.1 Å². The summed E-state index contributed by atoms with van der Waals surface area (Å²) in [6.45, 7) is 3.04. The van der Waals surface area contributed by atoms with Crippen molar-refractivity contribution in [3.05, 3.63) is 69.7 Å². The standard InChI is InChI=1S/C25H29Cl2NO/c1-2-3-4-5-6-15-29-17-13-14-23-21(16-17)18-9-7-10-19(18)25(28-23)20-11-8-12-22(26)24(20)27/h7-9,11-14,16,18-19,25,28H,2-6,10,15H2,1H3. The van der Waals surface area contributed by atoms with Crippen molar-refractivity contribution in [1.82, 2.24) is 0 Å². The predicted molar refractivity (Wildman–Crippen MR) is 124 cm³/mol. The van der Waals surface area contributed by atoms with Crippen LogP contribution in [0, 0.1) is 5.92 Å².